The first-order chi connectivity index (χ1) is 8.83. The first-order valence-corrected chi connectivity index (χ1v) is 6.69. The predicted molar refractivity (Wildman–Crippen MR) is 74.2 cm³/mol. The van der Waals surface area contributed by atoms with Gasteiger partial charge in [-0.05, 0) is 43.6 Å². The van der Waals surface area contributed by atoms with Crippen molar-refractivity contribution in [2.75, 3.05) is 25.2 Å². The van der Waals surface area contributed by atoms with Crippen LogP contribution in [-0.4, -0.2) is 29.9 Å². The number of thiocarbonyl (C=S) groups is 1. The highest BCUT2D eigenvalue weighted by molar-refractivity contribution is 7.80. The number of hydrogen-bond acceptors (Lipinski definition) is 3. The molecule has 5 heteroatoms. The highest BCUT2D eigenvalue weighted by Gasteiger charge is 2.16. The smallest absolute Gasteiger partial charge is 0.231 e. The zero-order valence-corrected chi connectivity index (χ0v) is 11.0. The molecule has 1 fully saturated rings. The fourth-order valence-corrected chi connectivity index (χ4v) is 2.57. The molecule has 1 aromatic rings. The number of nitrogens with zero attached hydrogens (tertiary/aromatic N) is 1. The Morgan fingerprint density at radius 1 is 1.11 bits per heavy atom. The number of hydrogen-bond donors (Lipinski definition) is 1. The molecule has 0 atom stereocenters. The topological polar surface area (TPSA) is 33.7 Å². The van der Waals surface area contributed by atoms with Crippen LogP contribution in [0.5, 0.6) is 11.5 Å². The molecule has 1 N–H and O–H groups in total. The Bertz CT molecular complexity index is 458. The Morgan fingerprint density at radius 2 is 1.89 bits per heavy atom. The van der Waals surface area contributed by atoms with Crippen LogP contribution >= 0.6 is 12.2 Å². The normalized spacial score (nSPS) is 17.7. The number of benzene rings is 1. The summed E-state index contributed by atoms with van der Waals surface area (Å²) in [5, 5.41) is 4.06. The van der Waals surface area contributed by atoms with Crippen molar-refractivity contribution in [2.24, 2.45) is 0 Å². The lowest BCUT2D eigenvalue weighted by molar-refractivity contribution is 0.174. The van der Waals surface area contributed by atoms with Crippen molar-refractivity contribution >= 4 is 23.0 Å². The number of fused-ring (bicyclic) bond motifs is 1. The molecule has 0 unspecified atom stereocenters. The van der Waals surface area contributed by atoms with Crippen molar-refractivity contribution in [3.05, 3.63) is 18.2 Å². The highest BCUT2D eigenvalue weighted by Crippen LogP contribution is 2.34. The minimum absolute atomic E-state index is 0.301. The van der Waals surface area contributed by atoms with Gasteiger partial charge in [0.05, 0.1) is 0 Å². The third-order valence-corrected chi connectivity index (χ3v) is 3.63. The summed E-state index contributed by atoms with van der Waals surface area (Å²) in [6, 6.07) is 5.80. The maximum Gasteiger partial charge on any atom is 0.231 e. The molecule has 0 saturated carbocycles. The molecule has 0 spiro atoms. The molecule has 2 aliphatic rings. The number of ether oxygens (including phenoxy) is 2. The average Bonchev–Trinajstić information content (AvgIpc) is 2.87. The van der Waals surface area contributed by atoms with Crippen molar-refractivity contribution in [3.8, 4) is 11.5 Å². The summed E-state index contributed by atoms with van der Waals surface area (Å²) >= 11 is 5.43. The third-order valence-electron chi connectivity index (χ3n) is 3.27. The second-order valence-corrected chi connectivity index (χ2v) is 4.93. The van der Waals surface area contributed by atoms with Gasteiger partial charge >= 0.3 is 0 Å². The van der Waals surface area contributed by atoms with Crippen LogP contribution in [0.4, 0.5) is 5.69 Å². The largest absolute Gasteiger partial charge is 0.454 e. The molecule has 0 amide bonds. The van der Waals surface area contributed by atoms with Gasteiger partial charge in [-0.1, -0.05) is 0 Å². The summed E-state index contributed by atoms with van der Waals surface area (Å²) in [6.45, 7) is 2.40. The minimum Gasteiger partial charge on any atom is -0.454 e. The Balaban J connectivity index is 1.66. The molecule has 2 aliphatic heterocycles. The van der Waals surface area contributed by atoms with Crippen molar-refractivity contribution in [2.45, 2.75) is 19.3 Å². The van der Waals surface area contributed by atoms with E-state index in [1.165, 1.54) is 19.3 Å². The molecule has 18 heavy (non-hydrogen) atoms. The Labute approximate surface area is 112 Å². The van der Waals surface area contributed by atoms with Gasteiger partial charge < -0.3 is 19.7 Å². The number of nitrogens with one attached hydrogen (secondary N) is 1. The Kier molecular flexibility index (Phi) is 3.23. The molecule has 3 rings (SSSR count). The first-order valence-electron chi connectivity index (χ1n) is 6.28. The van der Waals surface area contributed by atoms with Crippen molar-refractivity contribution < 1.29 is 9.47 Å². The predicted octanol–water partition coefficient (Wildman–Crippen LogP) is 2.60. The zero-order chi connectivity index (χ0) is 12.4. The summed E-state index contributed by atoms with van der Waals surface area (Å²) in [6.07, 6.45) is 3.76. The lowest BCUT2D eigenvalue weighted by Crippen LogP contribution is -2.38. The summed E-state index contributed by atoms with van der Waals surface area (Å²) in [5.41, 5.74) is 0.954. The molecule has 0 bridgehead atoms. The van der Waals surface area contributed by atoms with E-state index in [1.54, 1.807) is 0 Å². The zero-order valence-electron chi connectivity index (χ0n) is 10.1. The van der Waals surface area contributed by atoms with E-state index in [4.69, 9.17) is 21.7 Å². The number of rotatable bonds is 1. The molecule has 1 saturated heterocycles. The summed E-state index contributed by atoms with van der Waals surface area (Å²) in [4.78, 5) is 2.23. The maximum absolute atomic E-state index is 5.43. The Morgan fingerprint density at radius 3 is 2.72 bits per heavy atom. The van der Waals surface area contributed by atoms with Gasteiger partial charge in [0.2, 0.25) is 6.79 Å². The molecule has 0 aromatic heterocycles. The van der Waals surface area contributed by atoms with Gasteiger partial charge in [0.25, 0.3) is 0 Å². The van der Waals surface area contributed by atoms with Crippen LogP contribution in [0.15, 0.2) is 18.2 Å². The molecule has 1 aromatic carbocycles. The van der Waals surface area contributed by atoms with Crippen LogP contribution in [-0.2, 0) is 0 Å². The van der Waals surface area contributed by atoms with Gasteiger partial charge in [-0.3, -0.25) is 0 Å². The minimum atomic E-state index is 0.301. The Hall–Kier alpha value is -1.49. The van der Waals surface area contributed by atoms with Crippen LogP contribution in [0.3, 0.4) is 0 Å². The second-order valence-electron chi connectivity index (χ2n) is 4.55. The monoisotopic (exact) mass is 264 g/mol. The number of piperidine rings is 1. The van der Waals surface area contributed by atoms with E-state index >= 15 is 0 Å². The lowest BCUT2D eigenvalue weighted by atomic mass is 10.1. The fourth-order valence-electron chi connectivity index (χ4n) is 2.27. The lowest BCUT2D eigenvalue weighted by Gasteiger charge is -2.29. The van der Waals surface area contributed by atoms with Crippen molar-refractivity contribution in [1.29, 1.82) is 0 Å². The summed E-state index contributed by atoms with van der Waals surface area (Å²) in [7, 11) is 0. The second kappa shape index (κ2) is 5.02. The summed E-state index contributed by atoms with van der Waals surface area (Å²) < 4.78 is 10.6. The first kappa shape index (κ1) is 11.6. The van der Waals surface area contributed by atoms with E-state index in [9.17, 15) is 0 Å². The van der Waals surface area contributed by atoms with Crippen molar-refractivity contribution in [3.63, 3.8) is 0 Å². The molecular weight excluding hydrogens is 248 g/mol. The molecule has 96 valence electrons. The van der Waals surface area contributed by atoms with Crippen LogP contribution < -0.4 is 14.8 Å². The van der Waals surface area contributed by atoms with E-state index < -0.39 is 0 Å². The van der Waals surface area contributed by atoms with Gasteiger partial charge in [0.1, 0.15) is 0 Å². The van der Waals surface area contributed by atoms with E-state index in [1.807, 2.05) is 18.2 Å². The van der Waals surface area contributed by atoms with Crippen LogP contribution in [0.25, 0.3) is 0 Å². The standard InChI is InChI=1S/C13H16N2O2S/c18-13(15-6-2-1-3-7-15)14-10-4-5-11-12(8-10)17-9-16-11/h4-5,8H,1-3,6-7,9H2,(H,14,18). The van der Waals surface area contributed by atoms with Gasteiger partial charge in [-0.25, -0.2) is 0 Å². The van der Waals surface area contributed by atoms with Crippen LogP contribution in [0, 0.1) is 0 Å². The SMILES string of the molecule is S=C(Nc1ccc2c(c1)OCO2)N1CCCCC1. The maximum atomic E-state index is 5.43. The molecule has 0 radical (unpaired) electrons. The molecular formula is C13H16N2O2S. The average molecular weight is 264 g/mol. The van der Waals surface area contributed by atoms with Gasteiger partial charge in [-0.2, -0.15) is 0 Å². The van der Waals surface area contributed by atoms with Gasteiger partial charge in [0.15, 0.2) is 16.6 Å². The molecule has 2 heterocycles. The molecule has 0 aliphatic carbocycles. The fraction of sp³-hybridized carbons (Fsp3) is 0.462. The van der Waals surface area contributed by atoms with E-state index in [0.717, 1.165) is 35.4 Å². The highest BCUT2D eigenvalue weighted by atomic mass is 32.1. The van der Waals surface area contributed by atoms with Crippen molar-refractivity contribution in [1.82, 2.24) is 4.90 Å². The van der Waals surface area contributed by atoms with Gasteiger partial charge in [0, 0.05) is 24.8 Å². The van der Waals surface area contributed by atoms with E-state index in [0.29, 0.717) is 6.79 Å². The number of likely N-dealkylation sites (tertiary alicyclic amines) is 1. The van der Waals surface area contributed by atoms with Gasteiger partial charge in [-0.15, -0.1) is 0 Å². The summed E-state index contributed by atoms with van der Waals surface area (Å²) in [5.74, 6) is 1.57. The van der Waals surface area contributed by atoms with Crippen LogP contribution in [0.1, 0.15) is 19.3 Å². The molecule has 4 nitrogen and oxygen atoms in total. The van der Waals surface area contributed by atoms with Crippen LogP contribution in [0.2, 0.25) is 0 Å². The van der Waals surface area contributed by atoms with E-state index in [2.05, 4.69) is 10.2 Å². The number of anilines is 1. The third kappa shape index (κ3) is 2.36. The van der Waals surface area contributed by atoms with E-state index in [-0.39, 0.29) is 0 Å². The quantitative estimate of drug-likeness (QED) is 0.789.